The maximum atomic E-state index is 3.04. The number of rotatable bonds is 0. The summed E-state index contributed by atoms with van der Waals surface area (Å²) in [5, 5.41) is 1.97. The van der Waals surface area contributed by atoms with Gasteiger partial charge in [-0.1, -0.05) is 0 Å². The Morgan fingerprint density at radius 1 is 2.00 bits per heavy atom. The minimum absolute atomic E-state index is 0.977. The topological polar surface area (TPSA) is 3.24 Å². The molecule has 1 heterocycles. The molecule has 2 heteroatoms. The van der Waals surface area contributed by atoms with Crippen LogP contribution in [0.15, 0.2) is 5.41 Å². The second kappa shape index (κ2) is 1.67. The highest BCUT2D eigenvalue weighted by Crippen LogP contribution is 2.12. The van der Waals surface area contributed by atoms with Crippen LogP contribution in [0.4, 0.5) is 0 Å². The average Bonchev–Trinajstić information content (AvgIpc) is 1.86. The number of hydrogen-bond acceptors (Lipinski definition) is 2. The molecule has 0 aliphatic carbocycles. The van der Waals surface area contributed by atoms with Gasteiger partial charge in [-0.15, -0.1) is 0 Å². The fourth-order valence-corrected chi connectivity index (χ4v) is 0.808. The molecule has 0 fully saturated rings. The van der Waals surface area contributed by atoms with Gasteiger partial charge in [-0.2, -0.15) is 0 Å². The van der Waals surface area contributed by atoms with Crippen LogP contribution >= 0.6 is 11.9 Å². The Kier molecular flexibility index (Phi) is 1.17. The largest absolute Gasteiger partial charge is 0.246 e. The van der Waals surface area contributed by atoms with Crippen molar-refractivity contribution in [1.29, 1.82) is 0 Å². The van der Waals surface area contributed by atoms with Crippen molar-refractivity contribution in [2.75, 3.05) is 13.6 Å². The summed E-state index contributed by atoms with van der Waals surface area (Å²) in [6.07, 6.45) is 3.04. The van der Waals surface area contributed by atoms with Crippen molar-refractivity contribution < 1.29 is 0 Å². The Hall–Kier alpha value is 0.0500. The predicted molar refractivity (Wildman–Crippen MR) is 28.0 cm³/mol. The van der Waals surface area contributed by atoms with E-state index in [0.717, 1.165) is 6.54 Å². The van der Waals surface area contributed by atoms with Gasteiger partial charge in [-0.3, -0.25) is 0 Å². The van der Waals surface area contributed by atoms with Gasteiger partial charge in [-0.25, -0.2) is 4.31 Å². The van der Waals surface area contributed by atoms with Crippen molar-refractivity contribution in [3.8, 4) is 0 Å². The molecule has 1 aliphatic heterocycles. The molecule has 0 spiro atoms. The fourth-order valence-electron chi connectivity index (χ4n) is 0.330. The Labute approximate surface area is 42.2 Å². The zero-order valence-electron chi connectivity index (χ0n) is 3.64. The number of nitrogens with zero attached hydrogens (tertiary/aromatic N) is 1. The van der Waals surface area contributed by atoms with E-state index in [4.69, 9.17) is 0 Å². The van der Waals surface area contributed by atoms with Crippen molar-refractivity contribution >= 4 is 11.9 Å². The summed E-state index contributed by atoms with van der Waals surface area (Å²) < 4.78 is 2.11. The molecule has 0 aromatic heterocycles. The molecule has 1 rings (SSSR count). The molecule has 0 atom stereocenters. The van der Waals surface area contributed by atoms with Gasteiger partial charge in [0, 0.05) is 6.54 Å². The summed E-state index contributed by atoms with van der Waals surface area (Å²) in [5.41, 5.74) is 0. The summed E-state index contributed by atoms with van der Waals surface area (Å²) >= 11 is 1.69. The number of hydrogen-bond donors (Lipinski definition) is 0. The molecule has 1 aliphatic rings. The first-order valence-electron chi connectivity index (χ1n) is 1.82. The molecule has 1 radical (unpaired) electrons. The molecular weight excluding hydrogens is 94.1 g/mol. The van der Waals surface area contributed by atoms with E-state index < -0.39 is 0 Å². The molecule has 0 amide bonds. The van der Waals surface area contributed by atoms with Crippen LogP contribution in [0.3, 0.4) is 0 Å². The summed E-state index contributed by atoms with van der Waals surface area (Å²) in [7, 11) is 2.04. The van der Waals surface area contributed by atoms with Gasteiger partial charge in [-0.05, 0) is 30.5 Å². The SMILES string of the molecule is CN1C[C]=CS1. The van der Waals surface area contributed by atoms with Crippen LogP contribution in [-0.4, -0.2) is 17.9 Å². The molecule has 1 nitrogen and oxygen atoms in total. The summed E-state index contributed by atoms with van der Waals surface area (Å²) in [6.45, 7) is 0.977. The Balaban J connectivity index is 2.32. The first-order valence-corrected chi connectivity index (χ1v) is 2.66. The van der Waals surface area contributed by atoms with Crippen LogP contribution in [0.2, 0.25) is 0 Å². The zero-order chi connectivity index (χ0) is 4.41. The molecule has 0 N–H and O–H groups in total. The second-order valence-corrected chi connectivity index (χ2v) is 2.28. The Bertz CT molecular complexity index is 61.9. The van der Waals surface area contributed by atoms with Crippen LogP contribution in [0.5, 0.6) is 0 Å². The average molecular weight is 100 g/mol. The van der Waals surface area contributed by atoms with Gasteiger partial charge in [0.05, 0.1) is 0 Å². The third-order valence-electron chi connectivity index (χ3n) is 0.630. The first kappa shape index (κ1) is 4.22. The zero-order valence-corrected chi connectivity index (χ0v) is 4.46. The van der Waals surface area contributed by atoms with Crippen molar-refractivity contribution in [2.45, 2.75) is 0 Å². The Morgan fingerprint density at radius 3 is 3.00 bits per heavy atom. The summed E-state index contributed by atoms with van der Waals surface area (Å²) in [4.78, 5) is 0. The molecule has 0 saturated heterocycles. The van der Waals surface area contributed by atoms with Gasteiger partial charge >= 0.3 is 0 Å². The van der Waals surface area contributed by atoms with Gasteiger partial charge in [0.25, 0.3) is 0 Å². The molecular formula is C4H6NS. The van der Waals surface area contributed by atoms with Crippen LogP contribution in [0.1, 0.15) is 0 Å². The fraction of sp³-hybridized carbons (Fsp3) is 0.500. The van der Waals surface area contributed by atoms with E-state index >= 15 is 0 Å². The van der Waals surface area contributed by atoms with Crippen LogP contribution in [-0.2, 0) is 0 Å². The van der Waals surface area contributed by atoms with Gasteiger partial charge in [0.15, 0.2) is 0 Å². The predicted octanol–water partition coefficient (Wildman–Crippen LogP) is 0.897. The Morgan fingerprint density at radius 2 is 2.83 bits per heavy atom. The van der Waals surface area contributed by atoms with Gasteiger partial charge in [0.1, 0.15) is 0 Å². The lowest BCUT2D eigenvalue weighted by molar-refractivity contribution is 0.643. The quantitative estimate of drug-likeness (QED) is 0.416. The summed E-state index contributed by atoms with van der Waals surface area (Å²) in [5.74, 6) is 0. The van der Waals surface area contributed by atoms with Crippen molar-refractivity contribution in [2.24, 2.45) is 0 Å². The number of likely N-dealkylation sites (N-methyl/N-ethyl adjacent to an activating group) is 1. The molecule has 0 aromatic carbocycles. The van der Waals surface area contributed by atoms with Crippen molar-refractivity contribution in [3.63, 3.8) is 0 Å². The minimum atomic E-state index is 0.977. The van der Waals surface area contributed by atoms with Crippen molar-refractivity contribution in [3.05, 3.63) is 11.5 Å². The van der Waals surface area contributed by atoms with Crippen LogP contribution in [0, 0.1) is 6.08 Å². The van der Waals surface area contributed by atoms with E-state index in [1.54, 1.807) is 11.9 Å². The van der Waals surface area contributed by atoms with E-state index in [-0.39, 0.29) is 0 Å². The maximum absolute atomic E-state index is 3.04. The smallest absolute Gasteiger partial charge is 0.0349 e. The van der Waals surface area contributed by atoms with Gasteiger partial charge in [0.2, 0.25) is 0 Å². The standard InChI is InChI=1S/C4H6NS/c1-5-3-2-4-6-5/h4H,3H2,1H3. The lowest BCUT2D eigenvalue weighted by Gasteiger charge is -1.99. The highest BCUT2D eigenvalue weighted by atomic mass is 32.2. The molecule has 6 heavy (non-hydrogen) atoms. The van der Waals surface area contributed by atoms with E-state index in [2.05, 4.69) is 10.4 Å². The van der Waals surface area contributed by atoms with E-state index in [1.807, 2.05) is 12.5 Å². The minimum Gasteiger partial charge on any atom is -0.246 e. The van der Waals surface area contributed by atoms with Crippen LogP contribution < -0.4 is 0 Å². The highest BCUT2D eigenvalue weighted by Gasteiger charge is 1.96. The van der Waals surface area contributed by atoms with Crippen LogP contribution in [0.25, 0.3) is 0 Å². The molecule has 0 saturated carbocycles. The van der Waals surface area contributed by atoms with E-state index in [9.17, 15) is 0 Å². The third kappa shape index (κ3) is 0.758. The molecule has 33 valence electrons. The molecule has 0 bridgehead atoms. The van der Waals surface area contributed by atoms with Crippen molar-refractivity contribution in [1.82, 2.24) is 4.31 Å². The molecule has 0 aromatic rings. The normalized spacial score (nSPS) is 22.8. The third-order valence-corrected chi connectivity index (χ3v) is 1.39. The van der Waals surface area contributed by atoms with E-state index in [0.29, 0.717) is 0 Å². The summed E-state index contributed by atoms with van der Waals surface area (Å²) in [6, 6.07) is 0. The monoisotopic (exact) mass is 100 g/mol. The second-order valence-electron chi connectivity index (χ2n) is 1.21. The molecule has 0 unspecified atom stereocenters. The van der Waals surface area contributed by atoms with E-state index in [1.165, 1.54) is 0 Å². The maximum Gasteiger partial charge on any atom is 0.0349 e. The highest BCUT2D eigenvalue weighted by molar-refractivity contribution is 8.00. The lowest BCUT2D eigenvalue weighted by atomic mass is 10.6. The lowest BCUT2D eigenvalue weighted by Crippen LogP contribution is -2.01. The first-order chi connectivity index (χ1) is 2.89. The van der Waals surface area contributed by atoms with Gasteiger partial charge < -0.3 is 0 Å².